The number of halogens is 2. The Morgan fingerprint density at radius 3 is 2.14 bits per heavy atom. The molecule has 0 saturated carbocycles. The fourth-order valence-corrected chi connectivity index (χ4v) is 2.53. The van der Waals surface area contributed by atoms with Crippen LogP contribution in [0, 0.1) is 0 Å². The average Bonchev–Trinajstić information content (AvgIpc) is 2.44. The number of hydrogen-bond donors (Lipinski definition) is 2. The number of rotatable bonds is 5. The molecule has 0 aliphatic rings. The molecular weight excluding hydrogens is 319 g/mol. The summed E-state index contributed by atoms with van der Waals surface area (Å²) in [6, 6.07) is 13.0. The standard InChI is InChI=1S/C17H18Cl2N2O/c1-11(2)12-3-5-15(6-4-12)20-10-17(22)21-16-8-13(18)7-14(19)9-16/h3-9,11,20H,10H2,1-2H3,(H,21,22). The van der Waals surface area contributed by atoms with E-state index in [9.17, 15) is 4.79 Å². The zero-order chi connectivity index (χ0) is 16.1. The molecule has 0 saturated heterocycles. The fourth-order valence-electron chi connectivity index (χ4n) is 2.00. The highest BCUT2D eigenvalue weighted by molar-refractivity contribution is 6.35. The second kappa shape index (κ2) is 7.52. The molecule has 0 aromatic heterocycles. The molecular formula is C17H18Cl2N2O. The lowest BCUT2D eigenvalue weighted by Crippen LogP contribution is -2.21. The van der Waals surface area contributed by atoms with Crippen molar-refractivity contribution in [3.63, 3.8) is 0 Å². The minimum absolute atomic E-state index is 0.161. The van der Waals surface area contributed by atoms with E-state index in [2.05, 4.69) is 36.6 Å². The number of benzene rings is 2. The average molecular weight is 337 g/mol. The van der Waals surface area contributed by atoms with Gasteiger partial charge in [-0.2, -0.15) is 0 Å². The van der Waals surface area contributed by atoms with Crippen LogP contribution in [0.2, 0.25) is 10.0 Å². The van der Waals surface area contributed by atoms with E-state index in [0.29, 0.717) is 21.7 Å². The SMILES string of the molecule is CC(C)c1ccc(NCC(=O)Nc2cc(Cl)cc(Cl)c2)cc1. The van der Waals surface area contributed by atoms with E-state index >= 15 is 0 Å². The van der Waals surface area contributed by atoms with Gasteiger partial charge in [0.15, 0.2) is 0 Å². The van der Waals surface area contributed by atoms with E-state index in [1.54, 1.807) is 18.2 Å². The van der Waals surface area contributed by atoms with Gasteiger partial charge in [0, 0.05) is 21.4 Å². The van der Waals surface area contributed by atoms with Crippen LogP contribution in [0.3, 0.4) is 0 Å². The molecule has 0 aliphatic heterocycles. The molecule has 2 aromatic rings. The first kappa shape index (κ1) is 16.7. The van der Waals surface area contributed by atoms with Gasteiger partial charge >= 0.3 is 0 Å². The number of carbonyl (C=O) groups excluding carboxylic acids is 1. The van der Waals surface area contributed by atoms with E-state index in [-0.39, 0.29) is 12.5 Å². The van der Waals surface area contributed by atoms with Gasteiger partial charge in [-0.15, -0.1) is 0 Å². The van der Waals surface area contributed by atoms with Crippen molar-refractivity contribution >= 4 is 40.5 Å². The first-order chi connectivity index (χ1) is 10.4. The van der Waals surface area contributed by atoms with Crippen molar-refractivity contribution in [1.82, 2.24) is 0 Å². The highest BCUT2D eigenvalue weighted by atomic mass is 35.5. The molecule has 5 heteroatoms. The molecule has 0 aliphatic carbocycles. The van der Waals surface area contributed by atoms with Crippen molar-refractivity contribution in [2.45, 2.75) is 19.8 Å². The quantitative estimate of drug-likeness (QED) is 0.790. The Bertz CT molecular complexity index is 634. The Morgan fingerprint density at radius 1 is 1.00 bits per heavy atom. The molecule has 0 bridgehead atoms. The third kappa shape index (κ3) is 4.93. The van der Waals surface area contributed by atoms with Gasteiger partial charge in [0.25, 0.3) is 0 Å². The number of amides is 1. The molecule has 3 nitrogen and oxygen atoms in total. The zero-order valence-corrected chi connectivity index (χ0v) is 14.0. The maximum absolute atomic E-state index is 11.9. The summed E-state index contributed by atoms with van der Waals surface area (Å²) in [6.07, 6.45) is 0. The van der Waals surface area contributed by atoms with Gasteiger partial charge in [0.05, 0.1) is 6.54 Å². The third-order valence-corrected chi connectivity index (χ3v) is 3.61. The number of anilines is 2. The topological polar surface area (TPSA) is 41.1 Å². The third-order valence-electron chi connectivity index (χ3n) is 3.18. The molecule has 0 unspecified atom stereocenters. The van der Waals surface area contributed by atoms with Gasteiger partial charge in [0.2, 0.25) is 5.91 Å². The molecule has 0 heterocycles. The molecule has 116 valence electrons. The molecule has 0 radical (unpaired) electrons. The molecule has 0 spiro atoms. The lowest BCUT2D eigenvalue weighted by molar-refractivity contribution is -0.114. The van der Waals surface area contributed by atoms with Gasteiger partial charge in [0.1, 0.15) is 0 Å². The predicted octanol–water partition coefficient (Wildman–Crippen LogP) is 5.17. The van der Waals surface area contributed by atoms with E-state index in [1.165, 1.54) is 5.56 Å². The zero-order valence-electron chi connectivity index (χ0n) is 12.5. The van der Waals surface area contributed by atoms with Crippen molar-refractivity contribution in [2.75, 3.05) is 17.2 Å². The predicted molar refractivity (Wildman–Crippen MR) is 94.1 cm³/mol. The van der Waals surface area contributed by atoms with Gasteiger partial charge in [-0.05, 0) is 41.8 Å². The van der Waals surface area contributed by atoms with E-state index in [0.717, 1.165) is 5.69 Å². The second-order valence-electron chi connectivity index (χ2n) is 5.34. The van der Waals surface area contributed by atoms with E-state index in [1.807, 2.05) is 12.1 Å². The van der Waals surface area contributed by atoms with Gasteiger partial charge < -0.3 is 10.6 Å². The van der Waals surface area contributed by atoms with Crippen LogP contribution in [0.5, 0.6) is 0 Å². The van der Waals surface area contributed by atoms with Crippen molar-refractivity contribution in [2.24, 2.45) is 0 Å². The van der Waals surface area contributed by atoms with Crippen LogP contribution in [0.1, 0.15) is 25.3 Å². The molecule has 2 aromatic carbocycles. The van der Waals surface area contributed by atoms with Crippen LogP contribution in [0.15, 0.2) is 42.5 Å². The van der Waals surface area contributed by atoms with Crippen molar-refractivity contribution < 1.29 is 4.79 Å². The van der Waals surface area contributed by atoms with Crippen molar-refractivity contribution in [3.8, 4) is 0 Å². The molecule has 2 N–H and O–H groups in total. The van der Waals surface area contributed by atoms with Gasteiger partial charge in [-0.3, -0.25) is 4.79 Å². The minimum Gasteiger partial charge on any atom is -0.376 e. The Balaban J connectivity index is 1.89. The lowest BCUT2D eigenvalue weighted by Gasteiger charge is -2.10. The molecule has 2 rings (SSSR count). The highest BCUT2D eigenvalue weighted by Gasteiger charge is 2.05. The van der Waals surface area contributed by atoms with Crippen LogP contribution in [-0.4, -0.2) is 12.5 Å². The summed E-state index contributed by atoms with van der Waals surface area (Å²) in [4.78, 5) is 11.9. The largest absolute Gasteiger partial charge is 0.376 e. The summed E-state index contributed by atoms with van der Waals surface area (Å²) < 4.78 is 0. The second-order valence-corrected chi connectivity index (χ2v) is 6.21. The Kier molecular flexibility index (Phi) is 5.69. The van der Waals surface area contributed by atoms with Crippen LogP contribution < -0.4 is 10.6 Å². The van der Waals surface area contributed by atoms with Crippen LogP contribution in [0.25, 0.3) is 0 Å². The lowest BCUT2D eigenvalue weighted by atomic mass is 10.0. The summed E-state index contributed by atoms with van der Waals surface area (Å²) in [5.74, 6) is 0.330. The first-order valence-corrected chi connectivity index (χ1v) is 7.79. The fraction of sp³-hybridized carbons (Fsp3) is 0.235. The molecule has 1 amide bonds. The smallest absolute Gasteiger partial charge is 0.243 e. The molecule has 22 heavy (non-hydrogen) atoms. The van der Waals surface area contributed by atoms with Crippen molar-refractivity contribution in [1.29, 1.82) is 0 Å². The number of hydrogen-bond acceptors (Lipinski definition) is 2. The van der Waals surface area contributed by atoms with Crippen LogP contribution in [0.4, 0.5) is 11.4 Å². The summed E-state index contributed by atoms with van der Waals surface area (Å²) in [7, 11) is 0. The number of carbonyl (C=O) groups is 1. The molecule has 0 fully saturated rings. The van der Waals surface area contributed by atoms with E-state index in [4.69, 9.17) is 23.2 Å². The Labute approximate surface area is 140 Å². The Hall–Kier alpha value is -1.71. The van der Waals surface area contributed by atoms with Gasteiger partial charge in [-0.1, -0.05) is 49.2 Å². The maximum Gasteiger partial charge on any atom is 0.243 e. The highest BCUT2D eigenvalue weighted by Crippen LogP contribution is 2.22. The van der Waals surface area contributed by atoms with Gasteiger partial charge in [-0.25, -0.2) is 0 Å². The van der Waals surface area contributed by atoms with E-state index < -0.39 is 0 Å². The summed E-state index contributed by atoms with van der Waals surface area (Å²) >= 11 is 11.8. The maximum atomic E-state index is 11.9. The summed E-state index contributed by atoms with van der Waals surface area (Å²) in [5, 5.41) is 6.81. The number of nitrogens with one attached hydrogen (secondary N) is 2. The summed E-state index contributed by atoms with van der Waals surface area (Å²) in [5.41, 5.74) is 2.76. The monoisotopic (exact) mass is 336 g/mol. The summed E-state index contributed by atoms with van der Waals surface area (Å²) in [6.45, 7) is 4.46. The minimum atomic E-state index is -0.161. The first-order valence-electron chi connectivity index (χ1n) is 7.04. The normalized spacial score (nSPS) is 10.6. The van der Waals surface area contributed by atoms with Crippen LogP contribution >= 0.6 is 23.2 Å². The van der Waals surface area contributed by atoms with Crippen molar-refractivity contribution in [3.05, 3.63) is 58.1 Å². The van der Waals surface area contributed by atoms with Crippen LogP contribution in [-0.2, 0) is 4.79 Å². The Morgan fingerprint density at radius 2 is 1.59 bits per heavy atom. The molecule has 0 atom stereocenters.